The van der Waals surface area contributed by atoms with Crippen molar-refractivity contribution in [2.75, 3.05) is 13.1 Å². The molecule has 1 saturated heterocycles. The van der Waals surface area contributed by atoms with Gasteiger partial charge in [-0.2, -0.15) is 8.78 Å². The lowest BCUT2D eigenvalue weighted by Crippen LogP contribution is -2.37. The van der Waals surface area contributed by atoms with Crippen molar-refractivity contribution in [3.63, 3.8) is 0 Å². The first kappa shape index (κ1) is 18.8. The number of carboxylic acid groups (broad SMARTS) is 1. The molecule has 1 aromatic rings. The zero-order valence-electron chi connectivity index (χ0n) is 13.9. The highest BCUT2D eigenvalue weighted by Gasteiger charge is 2.55. The summed E-state index contributed by atoms with van der Waals surface area (Å²) < 4.78 is 47.4. The van der Waals surface area contributed by atoms with Crippen LogP contribution in [0.1, 0.15) is 35.2 Å². The van der Waals surface area contributed by atoms with Crippen LogP contribution in [-0.2, 0) is 20.4 Å². The average molecular weight is 387 g/mol. The Morgan fingerprint density at radius 1 is 1.27 bits per heavy atom. The largest absolute Gasteiger partial charge is 0.481 e. The number of rotatable bonds is 5. The summed E-state index contributed by atoms with van der Waals surface area (Å²) >= 11 is 0. The third-order valence-corrected chi connectivity index (χ3v) is 6.70. The summed E-state index contributed by atoms with van der Waals surface area (Å²) in [5, 5.41) is 9.58. The van der Waals surface area contributed by atoms with Crippen LogP contribution in [0.2, 0.25) is 0 Å². The number of carbonyl (C=O) groups excluding carboxylic acids is 1. The van der Waals surface area contributed by atoms with Crippen LogP contribution in [0.15, 0.2) is 24.3 Å². The number of benzene rings is 1. The van der Waals surface area contributed by atoms with Crippen molar-refractivity contribution in [2.24, 2.45) is 11.3 Å². The number of hydrogen-bond acceptors (Lipinski definition) is 4. The predicted molar refractivity (Wildman–Crippen MR) is 88.4 cm³/mol. The van der Waals surface area contributed by atoms with Crippen LogP contribution in [-0.4, -0.2) is 49.1 Å². The predicted octanol–water partition coefficient (Wildman–Crippen LogP) is 2.15. The Morgan fingerprint density at radius 2 is 1.92 bits per heavy atom. The Labute approximate surface area is 149 Å². The molecule has 1 amide bonds. The summed E-state index contributed by atoms with van der Waals surface area (Å²) in [6.07, 6.45) is 2.17. The molecule has 0 bridgehead atoms. The van der Waals surface area contributed by atoms with Crippen molar-refractivity contribution in [3.05, 3.63) is 35.4 Å². The molecular weight excluding hydrogens is 368 g/mol. The minimum atomic E-state index is -4.52. The van der Waals surface area contributed by atoms with Gasteiger partial charge in [0.15, 0.2) is 0 Å². The molecule has 2 fully saturated rings. The second-order valence-corrected chi connectivity index (χ2v) is 8.97. The number of nitrogens with zero attached hydrogens (tertiary/aromatic N) is 1. The SMILES string of the molecule is O=C(c1ccc(CS(=O)(=O)C(F)F)cc1)N1C[C@@H]2CCC[C@@]2(C(=O)O)C1. The fraction of sp³-hybridized carbons (Fsp3) is 0.529. The minimum Gasteiger partial charge on any atom is -0.481 e. The summed E-state index contributed by atoms with van der Waals surface area (Å²) in [5.41, 5.74) is -0.424. The van der Waals surface area contributed by atoms with Crippen molar-refractivity contribution in [1.82, 2.24) is 4.90 Å². The topological polar surface area (TPSA) is 91.8 Å². The molecule has 0 unspecified atom stereocenters. The summed E-state index contributed by atoms with van der Waals surface area (Å²) in [6.45, 7) is 0.542. The first-order valence-corrected chi connectivity index (χ1v) is 9.98. The normalized spacial score (nSPS) is 25.5. The molecule has 9 heteroatoms. The lowest BCUT2D eigenvalue weighted by Gasteiger charge is -2.23. The number of fused-ring (bicyclic) bond motifs is 1. The number of likely N-dealkylation sites (tertiary alicyclic amines) is 1. The maximum absolute atomic E-state index is 12.6. The quantitative estimate of drug-likeness (QED) is 0.836. The van der Waals surface area contributed by atoms with Gasteiger partial charge in [0.25, 0.3) is 5.91 Å². The second kappa shape index (κ2) is 6.61. The zero-order chi connectivity index (χ0) is 19.1. The first-order valence-electron chi connectivity index (χ1n) is 8.27. The van der Waals surface area contributed by atoms with Crippen LogP contribution >= 0.6 is 0 Å². The zero-order valence-corrected chi connectivity index (χ0v) is 14.7. The van der Waals surface area contributed by atoms with Crippen LogP contribution in [0, 0.1) is 11.3 Å². The molecule has 2 atom stereocenters. The highest BCUT2D eigenvalue weighted by atomic mass is 32.2. The van der Waals surface area contributed by atoms with Crippen LogP contribution < -0.4 is 0 Å². The minimum absolute atomic E-state index is 0.0561. The maximum atomic E-state index is 12.6. The van der Waals surface area contributed by atoms with Crippen molar-refractivity contribution in [2.45, 2.75) is 30.8 Å². The Morgan fingerprint density at radius 3 is 2.46 bits per heavy atom. The molecule has 1 saturated carbocycles. The molecule has 1 aromatic carbocycles. The van der Waals surface area contributed by atoms with Crippen LogP contribution in [0.25, 0.3) is 0 Å². The monoisotopic (exact) mass is 387 g/mol. The van der Waals surface area contributed by atoms with Gasteiger partial charge in [-0.3, -0.25) is 9.59 Å². The molecule has 0 spiro atoms. The van der Waals surface area contributed by atoms with Gasteiger partial charge < -0.3 is 10.0 Å². The van der Waals surface area contributed by atoms with E-state index in [0.29, 0.717) is 13.0 Å². The van der Waals surface area contributed by atoms with Gasteiger partial charge in [-0.15, -0.1) is 0 Å². The van der Waals surface area contributed by atoms with E-state index in [1.165, 1.54) is 29.2 Å². The second-order valence-electron chi connectivity index (χ2n) is 7.00. The fourth-order valence-corrected chi connectivity index (χ4v) is 4.80. The van der Waals surface area contributed by atoms with Crippen molar-refractivity contribution in [1.29, 1.82) is 0 Å². The van der Waals surface area contributed by atoms with Gasteiger partial charge in [-0.05, 0) is 36.5 Å². The van der Waals surface area contributed by atoms with Gasteiger partial charge in [0.1, 0.15) is 0 Å². The molecule has 1 aliphatic carbocycles. The highest BCUT2D eigenvalue weighted by molar-refractivity contribution is 7.90. The van der Waals surface area contributed by atoms with Gasteiger partial charge in [-0.1, -0.05) is 18.6 Å². The van der Waals surface area contributed by atoms with E-state index < -0.39 is 32.7 Å². The van der Waals surface area contributed by atoms with Crippen molar-refractivity contribution < 1.29 is 31.9 Å². The number of halogens is 2. The molecule has 1 N–H and O–H groups in total. The van der Waals surface area contributed by atoms with E-state index in [1.807, 2.05) is 0 Å². The third kappa shape index (κ3) is 3.20. The maximum Gasteiger partial charge on any atom is 0.337 e. The van der Waals surface area contributed by atoms with Gasteiger partial charge in [-0.25, -0.2) is 8.42 Å². The number of amides is 1. The Balaban J connectivity index is 1.73. The number of carbonyl (C=O) groups is 2. The summed E-state index contributed by atoms with van der Waals surface area (Å²) in [4.78, 5) is 25.8. The Bertz CT molecular complexity index is 824. The molecular formula is C17H19F2NO5S. The molecule has 1 heterocycles. The van der Waals surface area contributed by atoms with E-state index in [9.17, 15) is 31.9 Å². The molecule has 0 aromatic heterocycles. The lowest BCUT2D eigenvalue weighted by molar-refractivity contribution is -0.149. The molecule has 26 heavy (non-hydrogen) atoms. The van der Waals surface area contributed by atoms with Gasteiger partial charge >= 0.3 is 11.7 Å². The first-order chi connectivity index (χ1) is 12.2. The number of carboxylic acids is 1. The fourth-order valence-electron chi connectivity index (χ4n) is 4.01. The van der Waals surface area contributed by atoms with E-state index in [1.54, 1.807) is 0 Å². The van der Waals surface area contributed by atoms with E-state index in [2.05, 4.69) is 0 Å². The summed E-state index contributed by atoms with van der Waals surface area (Å²) in [7, 11) is -4.52. The molecule has 6 nitrogen and oxygen atoms in total. The van der Waals surface area contributed by atoms with E-state index in [-0.39, 0.29) is 29.5 Å². The Kier molecular flexibility index (Phi) is 4.76. The molecule has 1 aliphatic heterocycles. The van der Waals surface area contributed by atoms with E-state index in [4.69, 9.17) is 0 Å². The summed E-state index contributed by atoms with van der Waals surface area (Å²) in [6, 6.07) is 5.44. The molecule has 3 rings (SSSR count). The van der Waals surface area contributed by atoms with Gasteiger partial charge in [0.05, 0.1) is 11.2 Å². The van der Waals surface area contributed by atoms with Gasteiger partial charge in [0.2, 0.25) is 9.84 Å². The summed E-state index contributed by atoms with van der Waals surface area (Å²) in [5.74, 6) is -5.50. The van der Waals surface area contributed by atoms with Crippen LogP contribution in [0.5, 0.6) is 0 Å². The number of alkyl halides is 2. The average Bonchev–Trinajstić information content (AvgIpc) is 3.12. The molecule has 2 aliphatic rings. The van der Waals surface area contributed by atoms with Crippen molar-refractivity contribution in [3.8, 4) is 0 Å². The Hall–Kier alpha value is -2.03. The lowest BCUT2D eigenvalue weighted by atomic mass is 9.81. The smallest absolute Gasteiger partial charge is 0.337 e. The van der Waals surface area contributed by atoms with Gasteiger partial charge in [0, 0.05) is 18.7 Å². The molecule has 142 valence electrons. The van der Waals surface area contributed by atoms with E-state index in [0.717, 1.165) is 12.8 Å². The highest BCUT2D eigenvalue weighted by Crippen LogP contribution is 2.49. The van der Waals surface area contributed by atoms with Crippen LogP contribution in [0.4, 0.5) is 8.78 Å². The van der Waals surface area contributed by atoms with Crippen molar-refractivity contribution >= 4 is 21.7 Å². The van der Waals surface area contributed by atoms with E-state index >= 15 is 0 Å². The number of hydrogen-bond donors (Lipinski definition) is 1. The third-order valence-electron chi connectivity index (χ3n) is 5.42. The number of sulfone groups is 1. The molecule has 0 radical (unpaired) electrons. The van der Waals surface area contributed by atoms with Crippen LogP contribution in [0.3, 0.4) is 0 Å². The standard InChI is InChI=1S/C17H19F2NO5S/c18-16(19)26(24,25)9-11-3-5-12(6-4-11)14(21)20-8-13-2-1-7-17(13,10-20)15(22)23/h3-6,13,16H,1-2,7-10H2,(H,22,23)/t13-,17+/m0/s1. The number of aliphatic carboxylic acids is 1.